The van der Waals surface area contributed by atoms with Crippen molar-refractivity contribution >= 4 is 17.6 Å². The van der Waals surface area contributed by atoms with E-state index in [0.717, 1.165) is 16.9 Å². The third-order valence-electron chi connectivity index (χ3n) is 7.33. The average molecular weight is 486 g/mol. The molecule has 1 N–H and O–H groups in total. The normalized spacial score (nSPS) is 20.5. The van der Waals surface area contributed by atoms with Crippen LogP contribution in [0.1, 0.15) is 48.2 Å². The van der Waals surface area contributed by atoms with Gasteiger partial charge in [-0.15, -0.1) is 0 Å². The highest BCUT2D eigenvalue weighted by molar-refractivity contribution is 6.02. The number of amides is 1. The molecular weight excluding hydrogens is 454 g/mol. The number of nitrogens with zero attached hydrogens (tertiary/aromatic N) is 2. The molecule has 10 nitrogen and oxygen atoms in total. The zero-order chi connectivity index (χ0) is 25.3. The Morgan fingerprint density at radius 2 is 1.71 bits per heavy atom. The van der Waals surface area contributed by atoms with E-state index in [9.17, 15) is 19.2 Å². The number of carbonyl (C=O) groups is 2. The molecule has 0 aliphatic heterocycles. The molecule has 1 amide bonds. The third kappa shape index (κ3) is 4.96. The van der Waals surface area contributed by atoms with E-state index in [1.165, 1.54) is 70.3 Å². The molecule has 2 aromatic rings. The fourth-order valence-electron chi connectivity index (χ4n) is 5.35. The maximum atomic E-state index is 13.0. The standard InChI is InChI=1S/C25H31N3O7/c1-27-17(10-23(30)28(2)25(27)32)13-35-24(31)18-11-20(33-3)21(34-4)12-19(18)26-22(29)9-16-8-14-5-6-15(16)7-14/h10-12,14-16H,5-9,13H2,1-4H3,(H,26,29). The topological polar surface area (TPSA) is 118 Å². The number of hydrogen-bond donors (Lipinski definition) is 1. The molecule has 3 atom stereocenters. The molecule has 2 fully saturated rings. The molecule has 35 heavy (non-hydrogen) atoms. The van der Waals surface area contributed by atoms with Gasteiger partial charge in [0.1, 0.15) is 6.61 Å². The SMILES string of the molecule is COc1cc(NC(=O)CC2CC3CCC2C3)c(C(=O)OCc2cc(=O)n(C)c(=O)n2C)cc1OC. The summed E-state index contributed by atoms with van der Waals surface area (Å²) in [4.78, 5) is 50.1. The summed E-state index contributed by atoms with van der Waals surface area (Å²) in [6, 6.07) is 4.21. The largest absolute Gasteiger partial charge is 0.493 e. The van der Waals surface area contributed by atoms with Crippen molar-refractivity contribution in [1.29, 1.82) is 0 Å². The minimum Gasteiger partial charge on any atom is -0.493 e. The van der Waals surface area contributed by atoms with Crippen LogP contribution in [0.4, 0.5) is 5.69 Å². The summed E-state index contributed by atoms with van der Waals surface area (Å²) in [5, 5.41) is 2.86. The maximum absolute atomic E-state index is 13.0. The Bertz CT molecular complexity index is 1260. The fraction of sp³-hybridized carbons (Fsp3) is 0.520. The summed E-state index contributed by atoms with van der Waals surface area (Å²) in [7, 11) is 5.77. The number of carbonyl (C=O) groups excluding carboxylic acids is 2. The summed E-state index contributed by atoms with van der Waals surface area (Å²) in [6.45, 7) is -0.298. The van der Waals surface area contributed by atoms with Crippen molar-refractivity contribution in [2.45, 2.75) is 38.7 Å². The van der Waals surface area contributed by atoms with Crippen LogP contribution in [-0.4, -0.2) is 35.2 Å². The molecule has 0 spiro atoms. The molecule has 0 radical (unpaired) electrons. The fourth-order valence-corrected chi connectivity index (χ4v) is 5.35. The lowest BCUT2D eigenvalue weighted by molar-refractivity contribution is -0.117. The summed E-state index contributed by atoms with van der Waals surface area (Å²) in [5.74, 6) is 1.44. The summed E-state index contributed by atoms with van der Waals surface area (Å²) in [6.07, 6.45) is 5.12. The second-order valence-electron chi connectivity index (χ2n) is 9.39. The quantitative estimate of drug-likeness (QED) is 0.570. The Morgan fingerprint density at radius 1 is 1.00 bits per heavy atom. The van der Waals surface area contributed by atoms with Crippen molar-refractivity contribution in [2.75, 3.05) is 19.5 Å². The average Bonchev–Trinajstić information content (AvgIpc) is 3.46. The van der Waals surface area contributed by atoms with Gasteiger partial charge in [0.15, 0.2) is 11.5 Å². The van der Waals surface area contributed by atoms with E-state index in [1.54, 1.807) is 0 Å². The van der Waals surface area contributed by atoms with Crippen molar-refractivity contribution < 1.29 is 23.8 Å². The number of anilines is 1. The van der Waals surface area contributed by atoms with Crippen molar-refractivity contribution in [3.05, 3.63) is 50.3 Å². The van der Waals surface area contributed by atoms with Gasteiger partial charge in [-0.1, -0.05) is 6.42 Å². The second-order valence-corrected chi connectivity index (χ2v) is 9.39. The predicted octanol–water partition coefficient (Wildman–Crippen LogP) is 2.22. The smallest absolute Gasteiger partial charge is 0.340 e. The molecule has 2 aliphatic rings. The van der Waals surface area contributed by atoms with Gasteiger partial charge in [-0.05, 0) is 37.0 Å². The highest BCUT2D eigenvalue weighted by Gasteiger charge is 2.40. The predicted molar refractivity (Wildman–Crippen MR) is 128 cm³/mol. The van der Waals surface area contributed by atoms with E-state index in [1.807, 2.05) is 0 Å². The van der Waals surface area contributed by atoms with Gasteiger partial charge >= 0.3 is 11.7 Å². The molecular formula is C25H31N3O7. The first-order chi connectivity index (χ1) is 16.7. The van der Waals surface area contributed by atoms with Crippen molar-refractivity contribution in [3.8, 4) is 11.5 Å². The third-order valence-corrected chi connectivity index (χ3v) is 7.33. The molecule has 1 heterocycles. The van der Waals surface area contributed by atoms with Crippen LogP contribution in [0.15, 0.2) is 27.8 Å². The van der Waals surface area contributed by atoms with Gasteiger partial charge in [0, 0.05) is 38.7 Å². The van der Waals surface area contributed by atoms with E-state index in [-0.39, 0.29) is 29.5 Å². The van der Waals surface area contributed by atoms with Crippen LogP contribution in [0.2, 0.25) is 0 Å². The first kappa shape index (κ1) is 24.6. The van der Waals surface area contributed by atoms with E-state index >= 15 is 0 Å². The van der Waals surface area contributed by atoms with E-state index in [2.05, 4.69) is 5.32 Å². The van der Waals surface area contributed by atoms with Crippen molar-refractivity contribution in [1.82, 2.24) is 9.13 Å². The lowest BCUT2D eigenvalue weighted by Crippen LogP contribution is -2.38. The highest BCUT2D eigenvalue weighted by atomic mass is 16.5. The molecule has 2 aliphatic carbocycles. The van der Waals surface area contributed by atoms with Crippen LogP contribution in [0.3, 0.4) is 0 Å². The summed E-state index contributed by atoms with van der Waals surface area (Å²) >= 11 is 0. The number of hydrogen-bond acceptors (Lipinski definition) is 7. The number of benzene rings is 1. The van der Waals surface area contributed by atoms with Gasteiger partial charge < -0.3 is 19.5 Å². The molecule has 10 heteroatoms. The number of ether oxygens (including phenoxy) is 3. The van der Waals surface area contributed by atoms with Crippen molar-refractivity contribution in [2.24, 2.45) is 31.8 Å². The number of nitrogens with one attached hydrogen (secondary N) is 1. The summed E-state index contributed by atoms with van der Waals surface area (Å²) < 4.78 is 18.3. The highest BCUT2D eigenvalue weighted by Crippen LogP contribution is 2.49. The van der Waals surface area contributed by atoms with E-state index in [0.29, 0.717) is 29.8 Å². The number of esters is 1. The van der Waals surface area contributed by atoms with Crippen LogP contribution < -0.4 is 26.0 Å². The van der Waals surface area contributed by atoms with Crippen LogP contribution in [0.25, 0.3) is 0 Å². The minimum absolute atomic E-state index is 0.0813. The molecule has 1 aromatic heterocycles. The van der Waals surface area contributed by atoms with Gasteiger partial charge in [0.05, 0.1) is 31.2 Å². The Kier molecular flexibility index (Phi) is 7.00. The molecule has 188 valence electrons. The van der Waals surface area contributed by atoms with Crippen LogP contribution in [0.5, 0.6) is 11.5 Å². The molecule has 2 saturated carbocycles. The molecule has 4 rings (SSSR count). The van der Waals surface area contributed by atoms with Crippen LogP contribution >= 0.6 is 0 Å². The van der Waals surface area contributed by atoms with E-state index < -0.39 is 17.2 Å². The molecule has 2 bridgehead atoms. The Labute approximate surface area is 202 Å². The Balaban J connectivity index is 1.54. The molecule has 3 unspecified atom stereocenters. The first-order valence-electron chi connectivity index (χ1n) is 11.7. The number of rotatable bonds is 8. The van der Waals surface area contributed by atoms with Gasteiger partial charge in [0.2, 0.25) is 5.91 Å². The summed E-state index contributed by atoms with van der Waals surface area (Å²) in [5.41, 5.74) is -0.452. The molecule has 0 saturated heterocycles. The number of aromatic nitrogens is 2. The Hall–Kier alpha value is -3.56. The number of methoxy groups -OCH3 is 2. The minimum atomic E-state index is -0.741. The van der Waals surface area contributed by atoms with E-state index in [4.69, 9.17) is 14.2 Å². The van der Waals surface area contributed by atoms with Crippen LogP contribution in [-0.2, 0) is 30.2 Å². The van der Waals surface area contributed by atoms with Gasteiger partial charge in [0.25, 0.3) is 5.56 Å². The molecule has 1 aromatic carbocycles. The van der Waals surface area contributed by atoms with Gasteiger partial charge in [-0.2, -0.15) is 0 Å². The Morgan fingerprint density at radius 3 is 2.34 bits per heavy atom. The number of fused-ring (bicyclic) bond motifs is 2. The lowest BCUT2D eigenvalue weighted by atomic mass is 9.86. The van der Waals surface area contributed by atoms with Crippen molar-refractivity contribution in [3.63, 3.8) is 0 Å². The zero-order valence-corrected chi connectivity index (χ0v) is 20.5. The lowest BCUT2D eigenvalue weighted by Gasteiger charge is -2.21. The maximum Gasteiger partial charge on any atom is 0.340 e. The second kappa shape index (κ2) is 9.97. The van der Waals surface area contributed by atoms with Gasteiger partial charge in [-0.25, -0.2) is 9.59 Å². The monoisotopic (exact) mass is 485 g/mol. The first-order valence-corrected chi connectivity index (χ1v) is 11.7. The zero-order valence-electron chi connectivity index (χ0n) is 20.5. The van der Waals surface area contributed by atoms with Crippen LogP contribution in [0, 0.1) is 17.8 Å². The van der Waals surface area contributed by atoms with Gasteiger partial charge in [-0.3, -0.25) is 18.7 Å².